The molecule has 0 spiro atoms. The SMILES string of the molecule is CN=C(NC#N)SCc1ncc(C(=O)O)s1. The number of aromatic carboxylic acids is 1. The maximum atomic E-state index is 10.6. The number of hydrogen-bond donors (Lipinski definition) is 2. The Balaban J connectivity index is 2.55. The lowest BCUT2D eigenvalue weighted by molar-refractivity contribution is 0.0702. The first kappa shape index (κ1) is 12.5. The minimum Gasteiger partial charge on any atom is -0.477 e. The zero-order valence-electron chi connectivity index (χ0n) is 8.30. The summed E-state index contributed by atoms with van der Waals surface area (Å²) in [6.45, 7) is 0. The first-order valence-corrected chi connectivity index (χ1v) is 5.90. The van der Waals surface area contributed by atoms with Gasteiger partial charge in [-0.2, -0.15) is 5.26 Å². The molecule has 1 aromatic heterocycles. The molecule has 0 amide bonds. The molecule has 6 nitrogen and oxygen atoms in total. The van der Waals surface area contributed by atoms with Crippen LogP contribution >= 0.6 is 23.1 Å². The molecule has 0 atom stereocenters. The summed E-state index contributed by atoms with van der Waals surface area (Å²) < 4.78 is 0. The van der Waals surface area contributed by atoms with Crippen molar-refractivity contribution in [1.82, 2.24) is 10.3 Å². The van der Waals surface area contributed by atoms with Crippen molar-refractivity contribution in [2.45, 2.75) is 5.75 Å². The highest BCUT2D eigenvalue weighted by atomic mass is 32.2. The van der Waals surface area contributed by atoms with E-state index < -0.39 is 5.97 Å². The predicted octanol–water partition coefficient (Wildman–Crippen LogP) is 1.13. The van der Waals surface area contributed by atoms with Crippen molar-refractivity contribution in [3.63, 3.8) is 0 Å². The van der Waals surface area contributed by atoms with E-state index in [0.717, 1.165) is 11.3 Å². The average Bonchev–Trinajstić information content (AvgIpc) is 2.73. The fraction of sp³-hybridized carbons (Fsp3) is 0.250. The van der Waals surface area contributed by atoms with Gasteiger partial charge in [0.25, 0.3) is 0 Å². The summed E-state index contributed by atoms with van der Waals surface area (Å²) in [4.78, 5) is 18.6. The van der Waals surface area contributed by atoms with Gasteiger partial charge in [-0.25, -0.2) is 9.78 Å². The number of hydrogen-bond acceptors (Lipinski definition) is 6. The third-order valence-electron chi connectivity index (χ3n) is 1.46. The van der Waals surface area contributed by atoms with Crippen LogP contribution in [0.3, 0.4) is 0 Å². The van der Waals surface area contributed by atoms with Gasteiger partial charge in [0.15, 0.2) is 11.4 Å². The smallest absolute Gasteiger partial charge is 0.347 e. The van der Waals surface area contributed by atoms with Gasteiger partial charge in [0, 0.05) is 7.05 Å². The maximum Gasteiger partial charge on any atom is 0.347 e. The number of carboxylic acid groups (broad SMARTS) is 1. The van der Waals surface area contributed by atoms with Crippen LogP contribution in [-0.4, -0.2) is 28.3 Å². The molecule has 1 aromatic rings. The lowest BCUT2D eigenvalue weighted by Gasteiger charge is -1.99. The van der Waals surface area contributed by atoms with E-state index >= 15 is 0 Å². The van der Waals surface area contributed by atoms with E-state index in [4.69, 9.17) is 10.4 Å². The summed E-state index contributed by atoms with van der Waals surface area (Å²) in [5, 5.41) is 20.7. The second-order valence-electron chi connectivity index (χ2n) is 2.48. The number of nitrogens with one attached hydrogen (secondary N) is 1. The van der Waals surface area contributed by atoms with Crippen molar-refractivity contribution in [1.29, 1.82) is 5.26 Å². The molecule has 0 unspecified atom stereocenters. The summed E-state index contributed by atoms with van der Waals surface area (Å²) in [7, 11) is 1.57. The molecule has 0 aliphatic rings. The Bertz CT molecular complexity index is 449. The maximum absolute atomic E-state index is 10.6. The third-order valence-corrected chi connectivity index (χ3v) is 3.61. The van der Waals surface area contributed by atoms with Gasteiger partial charge in [0.05, 0.1) is 11.9 Å². The van der Waals surface area contributed by atoms with E-state index in [9.17, 15) is 4.79 Å². The van der Waals surface area contributed by atoms with E-state index in [1.807, 2.05) is 0 Å². The van der Waals surface area contributed by atoms with Crippen LogP contribution in [0.4, 0.5) is 0 Å². The second-order valence-corrected chi connectivity index (χ2v) is 4.56. The van der Waals surface area contributed by atoms with Crippen LogP contribution in [0.5, 0.6) is 0 Å². The average molecular weight is 256 g/mol. The van der Waals surface area contributed by atoms with Crippen LogP contribution < -0.4 is 5.32 Å². The Morgan fingerprint density at radius 2 is 2.62 bits per heavy atom. The van der Waals surface area contributed by atoms with Gasteiger partial charge in [0.2, 0.25) is 0 Å². The number of aliphatic imine (C=N–C) groups is 1. The highest BCUT2D eigenvalue weighted by Crippen LogP contribution is 2.18. The minimum absolute atomic E-state index is 0.207. The van der Waals surface area contributed by atoms with Gasteiger partial charge >= 0.3 is 5.97 Å². The zero-order chi connectivity index (χ0) is 12.0. The van der Waals surface area contributed by atoms with E-state index in [2.05, 4.69) is 15.3 Å². The molecular formula is C8H8N4O2S2. The molecule has 0 radical (unpaired) electrons. The van der Waals surface area contributed by atoms with E-state index in [-0.39, 0.29) is 4.88 Å². The molecule has 0 aliphatic heterocycles. The minimum atomic E-state index is -0.978. The van der Waals surface area contributed by atoms with E-state index in [1.165, 1.54) is 18.0 Å². The molecule has 0 aliphatic carbocycles. The Hall–Kier alpha value is -1.59. The van der Waals surface area contributed by atoms with Gasteiger partial charge in [-0.3, -0.25) is 10.3 Å². The standard InChI is InChI=1S/C8H8N4O2S2/c1-10-8(12-4-9)15-3-6-11-2-5(16-6)7(13)14/h2H,3H2,1H3,(H,10,12)(H,13,14). The molecule has 0 saturated carbocycles. The lowest BCUT2D eigenvalue weighted by atomic mass is 10.6. The van der Waals surface area contributed by atoms with Gasteiger partial charge in [-0.15, -0.1) is 11.3 Å². The quantitative estimate of drug-likeness (QED) is 0.364. The second kappa shape index (κ2) is 6.09. The van der Waals surface area contributed by atoms with Gasteiger partial charge < -0.3 is 5.11 Å². The van der Waals surface area contributed by atoms with Crippen LogP contribution in [0.15, 0.2) is 11.2 Å². The molecule has 2 N–H and O–H groups in total. The fourth-order valence-electron chi connectivity index (χ4n) is 0.810. The predicted molar refractivity (Wildman–Crippen MR) is 62.5 cm³/mol. The summed E-state index contributed by atoms with van der Waals surface area (Å²) >= 11 is 2.41. The summed E-state index contributed by atoms with van der Waals surface area (Å²) in [6.07, 6.45) is 3.09. The van der Waals surface area contributed by atoms with Crippen LogP contribution in [0.2, 0.25) is 0 Å². The molecular weight excluding hydrogens is 248 g/mol. The van der Waals surface area contributed by atoms with Crippen molar-refractivity contribution >= 4 is 34.2 Å². The number of thioether (sulfide) groups is 1. The number of carbonyl (C=O) groups is 1. The van der Waals surface area contributed by atoms with Crippen LogP contribution in [-0.2, 0) is 5.75 Å². The van der Waals surface area contributed by atoms with Crippen molar-refractivity contribution in [2.75, 3.05) is 7.05 Å². The summed E-state index contributed by atoms with van der Waals surface area (Å²) in [6, 6.07) is 0. The van der Waals surface area contributed by atoms with Crippen LogP contribution in [0.25, 0.3) is 0 Å². The van der Waals surface area contributed by atoms with Gasteiger partial charge in [-0.1, -0.05) is 11.8 Å². The number of thiazole rings is 1. The summed E-state index contributed by atoms with van der Waals surface area (Å²) in [5.41, 5.74) is 0. The third kappa shape index (κ3) is 3.52. The topological polar surface area (TPSA) is 98.4 Å². The largest absolute Gasteiger partial charge is 0.477 e. The van der Waals surface area contributed by atoms with Crippen molar-refractivity contribution in [3.8, 4) is 6.19 Å². The Kier molecular flexibility index (Phi) is 4.75. The molecule has 0 aromatic carbocycles. The number of rotatable bonds is 3. The van der Waals surface area contributed by atoms with Crippen molar-refractivity contribution < 1.29 is 9.90 Å². The number of aromatic nitrogens is 1. The van der Waals surface area contributed by atoms with Gasteiger partial charge in [-0.05, 0) is 0 Å². The Labute approximate surface area is 100 Å². The van der Waals surface area contributed by atoms with Crippen molar-refractivity contribution in [2.24, 2.45) is 4.99 Å². The summed E-state index contributed by atoms with van der Waals surface area (Å²) in [5.74, 6) is -0.493. The van der Waals surface area contributed by atoms with Crippen LogP contribution in [0, 0.1) is 11.5 Å². The lowest BCUT2D eigenvalue weighted by Crippen LogP contribution is -2.13. The normalized spacial score (nSPS) is 10.9. The van der Waals surface area contributed by atoms with Crippen molar-refractivity contribution in [3.05, 3.63) is 16.1 Å². The number of carboxylic acids is 1. The number of nitriles is 1. The number of nitrogens with zero attached hydrogens (tertiary/aromatic N) is 3. The first-order valence-electron chi connectivity index (χ1n) is 4.10. The highest BCUT2D eigenvalue weighted by Gasteiger charge is 2.09. The first-order chi connectivity index (χ1) is 7.67. The molecule has 0 fully saturated rings. The van der Waals surface area contributed by atoms with Crippen LogP contribution in [0.1, 0.15) is 14.7 Å². The Morgan fingerprint density at radius 1 is 1.88 bits per heavy atom. The van der Waals surface area contributed by atoms with E-state index in [0.29, 0.717) is 15.9 Å². The Morgan fingerprint density at radius 3 is 3.12 bits per heavy atom. The fourth-order valence-corrected chi connectivity index (χ4v) is 2.36. The van der Waals surface area contributed by atoms with E-state index in [1.54, 1.807) is 13.2 Å². The highest BCUT2D eigenvalue weighted by molar-refractivity contribution is 8.13. The zero-order valence-corrected chi connectivity index (χ0v) is 9.93. The van der Waals surface area contributed by atoms with Gasteiger partial charge in [0.1, 0.15) is 9.88 Å². The number of amidine groups is 1. The molecule has 0 saturated heterocycles. The molecule has 1 heterocycles. The molecule has 84 valence electrons. The molecule has 0 bridgehead atoms. The molecule has 1 rings (SSSR count). The monoisotopic (exact) mass is 256 g/mol. The molecule has 16 heavy (non-hydrogen) atoms. The molecule has 8 heteroatoms.